The third kappa shape index (κ3) is 1.99. The number of anilines is 1. The molecule has 1 aliphatic rings. The molecule has 3 heterocycles. The molecule has 0 aromatic carbocycles. The summed E-state index contributed by atoms with van der Waals surface area (Å²) in [6, 6.07) is 3.87. The Morgan fingerprint density at radius 2 is 2.29 bits per heavy atom. The third-order valence-corrected chi connectivity index (χ3v) is 4.44. The molecule has 1 aliphatic heterocycles. The molecule has 6 nitrogen and oxygen atoms in total. The minimum Gasteiger partial charge on any atom is -0.354 e. The average molecular weight is 297 g/mol. The fourth-order valence-corrected chi connectivity index (χ4v) is 2.65. The Bertz CT molecular complexity index is 526. The molecule has 0 amide bonds. The Balaban J connectivity index is 1.88. The molecular formula is C10H13BrN6. The van der Waals surface area contributed by atoms with Crippen molar-refractivity contribution in [3.63, 3.8) is 0 Å². The van der Waals surface area contributed by atoms with E-state index in [4.69, 9.17) is 0 Å². The molecule has 0 N–H and O–H groups in total. The van der Waals surface area contributed by atoms with Crippen LogP contribution in [-0.4, -0.2) is 43.2 Å². The Kier molecular flexibility index (Phi) is 2.70. The van der Waals surface area contributed by atoms with Gasteiger partial charge in [-0.2, -0.15) is 0 Å². The Labute approximate surface area is 107 Å². The van der Waals surface area contributed by atoms with Gasteiger partial charge in [-0.15, -0.1) is 14.8 Å². The maximum absolute atomic E-state index is 4.40. The van der Waals surface area contributed by atoms with Gasteiger partial charge in [-0.3, -0.25) is 0 Å². The molecule has 2 aromatic rings. The second kappa shape index (κ2) is 4.21. The second-order valence-corrected chi connectivity index (χ2v) is 5.62. The first-order valence-corrected chi connectivity index (χ1v) is 6.60. The molecule has 0 radical (unpaired) electrons. The van der Waals surface area contributed by atoms with Crippen LogP contribution in [0.1, 0.15) is 13.3 Å². The van der Waals surface area contributed by atoms with Crippen molar-refractivity contribution in [2.24, 2.45) is 5.92 Å². The number of nitrogens with zero attached hydrogens (tertiary/aromatic N) is 6. The summed E-state index contributed by atoms with van der Waals surface area (Å²) in [7, 11) is 0. The van der Waals surface area contributed by atoms with E-state index in [-0.39, 0.29) is 0 Å². The van der Waals surface area contributed by atoms with E-state index < -0.39 is 0 Å². The fraction of sp³-hybridized carbons (Fsp3) is 0.600. The summed E-state index contributed by atoms with van der Waals surface area (Å²) in [5.41, 5.74) is 0.675. The molecule has 90 valence electrons. The first-order valence-electron chi connectivity index (χ1n) is 5.68. The van der Waals surface area contributed by atoms with E-state index in [9.17, 15) is 0 Å². The molecule has 7 heteroatoms. The van der Waals surface area contributed by atoms with Crippen LogP contribution in [0.5, 0.6) is 0 Å². The van der Waals surface area contributed by atoms with E-state index in [1.54, 1.807) is 0 Å². The summed E-state index contributed by atoms with van der Waals surface area (Å²) in [6.45, 7) is 4.28. The van der Waals surface area contributed by atoms with E-state index in [1.165, 1.54) is 11.1 Å². The van der Waals surface area contributed by atoms with Crippen molar-refractivity contribution in [3.05, 3.63) is 12.1 Å². The van der Waals surface area contributed by atoms with Crippen LogP contribution in [0.2, 0.25) is 0 Å². The number of hydrogen-bond acceptors (Lipinski definition) is 5. The molecule has 2 aromatic heterocycles. The van der Waals surface area contributed by atoms with Gasteiger partial charge in [0.25, 0.3) is 0 Å². The maximum Gasteiger partial charge on any atom is 0.200 e. The van der Waals surface area contributed by atoms with Crippen molar-refractivity contribution in [2.45, 2.75) is 18.2 Å². The van der Waals surface area contributed by atoms with Crippen LogP contribution in [-0.2, 0) is 0 Å². The Hall–Kier alpha value is -1.24. The minimum atomic E-state index is 0.516. The average Bonchev–Trinajstić information content (AvgIpc) is 2.79. The highest BCUT2D eigenvalue weighted by molar-refractivity contribution is 9.09. The molecule has 0 saturated carbocycles. The molecule has 17 heavy (non-hydrogen) atoms. The highest BCUT2D eigenvalue weighted by Crippen LogP contribution is 2.26. The number of halogens is 1. The zero-order valence-electron chi connectivity index (χ0n) is 9.49. The van der Waals surface area contributed by atoms with Gasteiger partial charge in [0.15, 0.2) is 11.5 Å². The Morgan fingerprint density at radius 1 is 1.41 bits per heavy atom. The van der Waals surface area contributed by atoms with Crippen LogP contribution in [0.15, 0.2) is 12.1 Å². The topological polar surface area (TPSA) is 59.2 Å². The largest absolute Gasteiger partial charge is 0.354 e. The van der Waals surface area contributed by atoms with Crippen LogP contribution >= 0.6 is 15.9 Å². The lowest BCUT2D eigenvalue weighted by atomic mass is 9.99. The van der Waals surface area contributed by atoms with Gasteiger partial charge >= 0.3 is 0 Å². The fourth-order valence-electron chi connectivity index (χ4n) is 2.04. The lowest BCUT2D eigenvalue weighted by Crippen LogP contribution is -2.40. The van der Waals surface area contributed by atoms with Crippen molar-refractivity contribution in [1.82, 2.24) is 25.3 Å². The number of piperidine rings is 1. The Morgan fingerprint density at radius 3 is 3.12 bits per heavy atom. The van der Waals surface area contributed by atoms with Gasteiger partial charge < -0.3 is 4.90 Å². The zero-order chi connectivity index (χ0) is 11.8. The summed E-state index contributed by atoms with van der Waals surface area (Å²) >= 11 is 3.72. The van der Waals surface area contributed by atoms with Gasteiger partial charge in [-0.1, -0.05) is 22.9 Å². The smallest absolute Gasteiger partial charge is 0.200 e. The van der Waals surface area contributed by atoms with Gasteiger partial charge in [0.05, 0.1) is 0 Å². The molecule has 1 saturated heterocycles. The van der Waals surface area contributed by atoms with Crippen LogP contribution in [0.4, 0.5) is 5.82 Å². The lowest BCUT2D eigenvalue weighted by Gasteiger charge is -2.34. The first kappa shape index (κ1) is 10.9. The summed E-state index contributed by atoms with van der Waals surface area (Å²) in [5.74, 6) is 1.64. The van der Waals surface area contributed by atoms with Crippen LogP contribution in [0, 0.1) is 5.92 Å². The number of hydrogen-bond donors (Lipinski definition) is 0. The van der Waals surface area contributed by atoms with Crippen molar-refractivity contribution in [1.29, 1.82) is 0 Å². The quantitative estimate of drug-likeness (QED) is 0.739. The second-order valence-electron chi connectivity index (χ2n) is 4.45. The van der Waals surface area contributed by atoms with E-state index >= 15 is 0 Å². The van der Waals surface area contributed by atoms with Crippen LogP contribution in [0.3, 0.4) is 0 Å². The zero-order valence-corrected chi connectivity index (χ0v) is 11.1. The van der Waals surface area contributed by atoms with Gasteiger partial charge in [0.1, 0.15) is 0 Å². The molecule has 3 rings (SSSR count). The van der Waals surface area contributed by atoms with Gasteiger partial charge in [-0.05, 0) is 34.9 Å². The SMILES string of the molecule is CC1CCN(c2ccc3nnnn3n2)CC1Br. The summed E-state index contributed by atoms with van der Waals surface area (Å²) in [5, 5.41) is 15.6. The van der Waals surface area contributed by atoms with E-state index in [0.29, 0.717) is 16.4 Å². The van der Waals surface area contributed by atoms with E-state index in [1.807, 2.05) is 12.1 Å². The number of alkyl halides is 1. The molecule has 2 unspecified atom stereocenters. The lowest BCUT2D eigenvalue weighted by molar-refractivity contribution is 0.452. The van der Waals surface area contributed by atoms with Crippen LogP contribution < -0.4 is 4.90 Å². The molecule has 0 aliphatic carbocycles. The minimum absolute atomic E-state index is 0.516. The van der Waals surface area contributed by atoms with Crippen LogP contribution in [0.25, 0.3) is 5.65 Å². The molecule has 0 bridgehead atoms. The highest BCUT2D eigenvalue weighted by Gasteiger charge is 2.25. The van der Waals surface area contributed by atoms with Gasteiger partial charge in [-0.25, -0.2) is 0 Å². The van der Waals surface area contributed by atoms with Crippen molar-refractivity contribution in [3.8, 4) is 0 Å². The number of tetrazole rings is 1. The standard InChI is InChI=1S/C10H13BrN6/c1-7-4-5-16(6-8(7)11)10-3-2-9-12-14-15-17(9)13-10/h2-3,7-8H,4-6H2,1H3. The molecule has 1 fully saturated rings. The number of rotatable bonds is 1. The molecule has 2 atom stereocenters. The van der Waals surface area contributed by atoms with E-state index in [0.717, 1.165) is 18.9 Å². The van der Waals surface area contributed by atoms with E-state index in [2.05, 4.69) is 48.4 Å². The molecule has 0 spiro atoms. The molecular weight excluding hydrogens is 284 g/mol. The summed E-state index contributed by atoms with van der Waals surface area (Å²) < 4.78 is 1.47. The number of aromatic nitrogens is 5. The third-order valence-electron chi connectivity index (χ3n) is 3.25. The number of fused-ring (bicyclic) bond motifs is 1. The first-order chi connectivity index (χ1) is 8.24. The predicted octanol–water partition coefficient (Wildman–Crippen LogP) is 1.13. The summed E-state index contributed by atoms with van der Waals surface area (Å²) in [6.07, 6.45) is 1.17. The van der Waals surface area contributed by atoms with Gasteiger partial charge in [0.2, 0.25) is 0 Å². The van der Waals surface area contributed by atoms with Crippen molar-refractivity contribution in [2.75, 3.05) is 18.0 Å². The predicted molar refractivity (Wildman–Crippen MR) is 67.3 cm³/mol. The van der Waals surface area contributed by atoms with Crippen molar-refractivity contribution < 1.29 is 0 Å². The maximum atomic E-state index is 4.40. The highest BCUT2D eigenvalue weighted by atomic mass is 79.9. The normalized spacial score (nSPS) is 25.4. The monoisotopic (exact) mass is 296 g/mol. The van der Waals surface area contributed by atoms with Crippen molar-refractivity contribution >= 4 is 27.4 Å². The summed E-state index contributed by atoms with van der Waals surface area (Å²) in [4.78, 5) is 2.78. The van der Waals surface area contributed by atoms with Gasteiger partial charge in [0, 0.05) is 17.9 Å².